The van der Waals surface area contributed by atoms with Crippen molar-refractivity contribution in [2.45, 2.75) is 64.5 Å². The number of hydrogen-bond donors (Lipinski definition) is 1. The summed E-state index contributed by atoms with van der Waals surface area (Å²) in [5.41, 5.74) is 7.38. The average Bonchev–Trinajstić information content (AvgIpc) is 2.71. The van der Waals surface area contributed by atoms with Gasteiger partial charge < -0.3 is 14.8 Å². The van der Waals surface area contributed by atoms with E-state index in [4.69, 9.17) is 9.47 Å². The molecule has 0 bridgehead atoms. The quantitative estimate of drug-likeness (QED) is 0.514. The summed E-state index contributed by atoms with van der Waals surface area (Å²) < 4.78 is 12.6. The number of fused-ring (bicyclic) bond motifs is 5. The lowest BCUT2D eigenvalue weighted by molar-refractivity contribution is 0.147. The number of methoxy groups -OCH3 is 1. The van der Waals surface area contributed by atoms with Crippen molar-refractivity contribution in [2.75, 3.05) is 12.4 Å². The Kier molecular flexibility index (Phi) is 5.08. The van der Waals surface area contributed by atoms with Crippen molar-refractivity contribution in [1.82, 2.24) is 0 Å². The van der Waals surface area contributed by atoms with Crippen LogP contribution in [0.5, 0.6) is 11.5 Å². The molecular weight excluding hydrogens is 382 g/mol. The minimum absolute atomic E-state index is 0.00488. The first-order valence-corrected chi connectivity index (χ1v) is 11.6. The van der Waals surface area contributed by atoms with Crippen LogP contribution in [0.3, 0.4) is 0 Å². The highest BCUT2D eigenvalue weighted by molar-refractivity contribution is 5.91. The number of rotatable bonds is 2. The third kappa shape index (κ3) is 3.54. The highest BCUT2D eigenvalue weighted by atomic mass is 16.5. The molecule has 5 rings (SSSR count). The van der Waals surface area contributed by atoms with E-state index in [0.29, 0.717) is 5.92 Å². The van der Waals surface area contributed by atoms with Crippen LogP contribution in [0, 0.1) is 5.92 Å². The second-order valence-electron chi connectivity index (χ2n) is 9.73. The predicted octanol–water partition coefficient (Wildman–Crippen LogP) is 7.54. The number of anilines is 1. The summed E-state index contributed by atoms with van der Waals surface area (Å²) in [4.78, 5) is 0. The zero-order chi connectivity index (χ0) is 21.6. The maximum atomic E-state index is 6.82. The lowest BCUT2D eigenvalue weighted by atomic mass is 9.77. The van der Waals surface area contributed by atoms with Crippen molar-refractivity contribution in [3.05, 3.63) is 59.7 Å². The van der Waals surface area contributed by atoms with Gasteiger partial charge in [0.25, 0.3) is 0 Å². The molecule has 2 aromatic carbocycles. The first kappa shape index (κ1) is 20.2. The molecule has 2 heterocycles. The molecular formula is C28H33NO2. The molecule has 3 heteroatoms. The number of nitrogens with one attached hydrogen (secondary N) is 1. The van der Waals surface area contributed by atoms with Crippen LogP contribution in [-0.2, 0) is 0 Å². The Balaban J connectivity index is 1.75. The topological polar surface area (TPSA) is 30.5 Å². The lowest BCUT2D eigenvalue weighted by Crippen LogP contribution is -2.33. The molecule has 3 aliphatic rings. The fourth-order valence-corrected chi connectivity index (χ4v) is 5.64. The van der Waals surface area contributed by atoms with Crippen molar-refractivity contribution in [3.63, 3.8) is 0 Å². The van der Waals surface area contributed by atoms with Crippen LogP contribution in [0.25, 0.3) is 16.7 Å². The van der Waals surface area contributed by atoms with Gasteiger partial charge in [-0.15, -0.1) is 0 Å². The van der Waals surface area contributed by atoms with Crippen LogP contribution in [0.2, 0.25) is 0 Å². The zero-order valence-electron chi connectivity index (χ0n) is 19.1. The Morgan fingerprint density at radius 2 is 1.94 bits per heavy atom. The van der Waals surface area contributed by atoms with Gasteiger partial charge in [0.1, 0.15) is 17.6 Å². The number of hydrogen-bond acceptors (Lipinski definition) is 3. The minimum atomic E-state index is -0.0634. The van der Waals surface area contributed by atoms with Crippen molar-refractivity contribution in [2.24, 2.45) is 5.92 Å². The molecule has 31 heavy (non-hydrogen) atoms. The Morgan fingerprint density at radius 1 is 1.06 bits per heavy atom. The van der Waals surface area contributed by atoms with Crippen LogP contribution in [-0.4, -0.2) is 12.6 Å². The van der Waals surface area contributed by atoms with Crippen molar-refractivity contribution >= 4 is 11.3 Å². The van der Waals surface area contributed by atoms with E-state index in [0.717, 1.165) is 23.5 Å². The van der Waals surface area contributed by atoms with E-state index in [1.165, 1.54) is 53.6 Å². The van der Waals surface area contributed by atoms with Crippen molar-refractivity contribution in [3.8, 4) is 22.6 Å². The lowest BCUT2D eigenvalue weighted by Gasteiger charge is -2.39. The van der Waals surface area contributed by atoms with Gasteiger partial charge in [-0.05, 0) is 69.4 Å². The van der Waals surface area contributed by atoms with E-state index in [1.807, 2.05) is 12.1 Å². The molecule has 0 radical (unpaired) electrons. The normalized spacial score (nSPS) is 24.7. The van der Waals surface area contributed by atoms with Crippen molar-refractivity contribution < 1.29 is 9.47 Å². The van der Waals surface area contributed by atoms with E-state index >= 15 is 0 Å². The Morgan fingerprint density at radius 3 is 2.77 bits per heavy atom. The summed E-state index contributed by atoms with van der Waals surface area (Å²) in [5, 5.41) is 3.73. The standard InChI is InChI=1S/C28H33NO2/c1-18-17-28(2,3)29-21-16-15-20-25-22(30-4)13-10-14-23(25)31-27(26(20)24(18)21)19-11-8-6-5-7-9-12-19/h8,10-11,13-17,19,27,29H,5-7,9,12H2,1-4H3/b11-8-. The van der Waals surface area contributed by atoms with Crippen LogP contribution in [0.1, 0.15) is 70.1 Å². The molecule has 0 saturated carbocycles. The third-order valence-electron chi connectivity index (χ3n) is 6.87. The average molecular weight is 416 g/mol. The molecule has 1 N–H and O–H groups in total. The summed E-state index contributed by atoms with van der Waals surface area (Å²) in [6, 6.07) is 10.6. The molecule has 0 saturated heterocycles. The van der Waals surface area contributed by atoms with Gasteiger partial charge in [0.2, 0.25) is 0 Å². The van der Waals surface area contributed by atoms with Gasteiger partial charge in [-0.3, -0.25) is 0 Å². The molecule has 162 valence electrons. The summed E-state index contributed by atoms with van der Waals surface area (Å²) >= 11 is 0. The van der Waals surface area contributed by atoms with Gasteiger partial charge in [-0.1, -0.05) is 43.2 Å². The Hall–Kier alpha value is -2.68. The van der Waals surface area contributed by atoms with Crippen LogP contribution in [0.4, 0.5) is 5.69 Å². The Labute approximate surface area is 186 Å². The molecule has 0 amide bonds. The Bertz CT molecular complexity index is 1060. The molecule has 2 aliphatic heterocycles. The second-order valence-corrected chi connectivity index (χ2v) is 9.73. The molecule has 0 spiro atoms. The van der Waals surface area contributed by atoms with Gasteiger partial charge in [0, 0.05) is 22.7 Å². The van der Waals surface area contributed by atoms with Gasteiger partial charge in [-0.25, -0.2) is 0 Å². The maximum Gasteiger partial charge on any atom is 0.131 e. The van der Waals surface area contributed by atoms with Gasteiger partial charge in [0.05, 0.1) is 18.2 Å². The van der Waals surface area contributed by atoms with E-state index < -0.39 is 0 Å². The highest BCUT2D eigenvalue weighted by Gasteiger charge is 2.37. The maximum absolute atomic E-state index is 6.82. The van der Waals surface area contributed by atoms with E-state index in [9.17, 15) is 0 Å². The number of benzene rings is 2. The summed E-state index contributed by atoms with van der Waals surface area (Å²) in [6.07, 6.45) is 13.3. The first-order chi connectivity index (χ1) is 15.0. The number of ether oxygens (including phenoxy) is 2. The van der Waals surface area contributed by atoms with E-state index in [1.54, 1.807) is 7.11 Å². The zero-order valence-corrected chi connectivity index (χ0v) is 19.1. The van der Waals surface area contributed by atoms with Gasteiger partial charge in [-0.2, -0.15) is 0 Å². The molecule has 0 fully saturated rings. The SMILES string of the molecule is COc1cccc2c1-c1ccc3c(c1C(C1/C=C\CCCCC1)O2)C(C)=CC(C)(C)N3. The molecule has 2 atom stereocenters. The summed E-state index contributed by atoms with van der Waals surface area (Å²) in [5.74, 6) is 2.17. The largest absolute Gasteiger partial charge is 0.496 e. The molecule has 1 aliphatic carbocycles. The number of allylic oxidation sites excluding steroid dienone is 2. The first-order valence-electron chi connectivity index (χ1n) is 11.6. The third-order valence-corrected chi connectivity index (χ3v) is 6.87. The molecule has 3 nitrogen and oxygen atoms in total. The fourth-order valence-electron chi connectivity index (χ4n) is 5.64. The monoisotopic (exact) mass is 415 g/mol. The van der Waals surface area contributed by atoms with E-state index in [-0.39, 0.29) is 11.6 Å². The molecule has 2 unspecified atom stereocenters. The van der Waals surface area contributed by atoms with Crippen LogP contribution >= 0.6 is 0 Å². The molecule has 0 aromatic heterocycles. The smallest absolute Gasteiger partial charge is 0.131 e. The highest BCUT2D eigenvalue weighted by Crippen LogP contribution is 2.54. The van der Waals surface area contributed by atoms with Gasteiger partial charge >= 0.3 is 0 Å². The van der Waals surface area contributed by atoms with Crippen LogP contribution in [0.15, 0.2) is 48.6 Å². The minimum Gasteiger partial charge on any atom is -0.496 e. The van der Waals surface area contributed by atoms with Gasteiger partial charge in [0.15, 0.2) is 0 Å². The van der Waals surface area contributed by atoms with Crippen molar-refractivity contribution in [1.29, 1.82) is 0 Å². The van der Waals surface area contributed by atoms with Crippen LogP contribution < -0.4 is 14.8 Å². The predicted molar refractivity (Wildman–Crippen MR) is 129 cm³/mol. The summed E-state index contributed by atoms with van der Waals surface area (Å²) in [6.45, 7) is 6.69. The van der Waals surface area contributed by atoms with E-state index in [2.05, 4.69) is 62.5 Å². The second kappa shape index (κ2) is 7.78. The fraction of sp³-hybridized carbons (Fsp3) is 0.429. The summed E-state index contributed by atoms with van der Waals surface area (Å²) in [7, 11) is 1.74. The molecule has 2 aromatic rings.